The largest absolute Gasteiger partial charge is 0.479 e. The maximum atomic E-state index is 12.3. The third-order valence-corrected chi connectivity index (χ3v) is 5.13. The number of halogens is 1. The third-order valence-electron chi connectivity index (χ3n) is 4.84. The number of rotatable bonds is 6. The molecule has 3 aromatic rings. The van der Waals surface area contributed by atoms with E-state index >= 15 is 0 Å². The first-order valence-corrected chi connectivity index (χ1v) is 9.56. The van der Waals surface area contributed by atoms with E-state index < -0.39 is 23.7 Å². The molecular formula is C22H22ClNO5. The Kier molecular flexibility index (Phi) is 6.25. The molecule has 0 saturated heterocycles. The maximum absolute atomic E-state index is 12.3. The van der Waals surface area contributed by atoms with Crippen molar-refractivity contribution in [2.24, 2.45) is 0 Å². The highest BCUT2D eigenvalue weighted by molar-refractivity contribution is 6.32. The zero-order valence-corrected chi connectivity index (χ0v) is 17.1. The summed E-state index contributed by atoms with van der Waals surface area (Å²) in [7, 11) is 0. The van der Waals surface area contributed by atoms with Crippen molar-refractivity contribution in [2.45, 2.75) is 33.0 Å². The van der Waals surface area contributed by atoms with E-state index in [0.29, 0.717) is 27.1 Å². The van der Waals surface area contributed by atoms with Crippen LogP contribution in [0.4, 0.5) is 0 Å². The summed E-state index contributed by atoms with van der Waals surface area (Å²) in [4.78, 5) is 24.3. The highest BCUT2D eigenvalue weighted by atomic mass is 35.5. The Morgan fingerprint density at radius 1 is 1.21 bits per heavy atom. The molecular weight excluding hydrogens is 394 g/mol. The predicted molar refractivity (Wildman–Crippen MR) is 111 cm³/mol. The van der Waals surface area contributed by atoms with Crippen LogP contribution >= 0.6 is 11.6 Å². The van der Waals surface area contributed by atoms with Gasteiger partial charge in [0.1, 0.15) is 11.3 Å². The number of nitrogens with one attached hydrogen (secondary N) is 1. The van der Waals surface area contributed by atoms with Crippen molar-refractivity contribution in [3.05, 3.63) is 74.6 Å². The standard InChI is InChI=1S/C22H22ClNO5/c1-12-13(2)22(27)29-19-10-20(17(23)9-16(12)19)28-14(3)21(26)24-11-18(25)15-7-5-4-6-8-15/h4-10,14,18,25H,11H2,1-3H3,(H,24,26)/t14-,18-/m1/s1. The van der Waals surface area contributed by atoms with E-state index in [1.807, 2.05) is 25.1 Å². The number of ether oxygens (including phenoxy) is 1. The second-order valence-corrected chi connectivity index (χ2v) is 7.26. The molecule has 6 nitrogen and oxygen atoms in total. The molecule has 0 unspecified atom stereocenters. The van der Waals surface area contributed by atoms with Crippen LogP contribution in [0.1, 0.15) is 29.7 Å². The molecule has 29 heavy (non-hydrogen) atoms. The number of aryl methyl sites for hydroxylation is 1. The molecule has 0 fully saturated rings. The smallest absolute Gasteiger partial charge is 0.339 e. The summed E-state index contributed by atoms with van der Waals surface area (Å²) in [6.45, 7) is 5.13. The summed E-state index contributed by atoms with van der Waals surface area (Å²) >= 11 is 6.31. The Morgan fingerprint density at radius 3 is 2.59 bits per heavy atom. The summed E-state index contributed by atoms with van der Waals surface area (Å²) in [5, 5.41) is 13.8. The second kappa shape index (κ2) is 8.68. The monoisotopic (exact) mass is 415 g/mol. The lowest BCUT2D eigenvalue weighted by Crippen LogP contribution is -2.38. The molecule has 0 radical (unpaired) electrons. The first-order chi connectivity index (χ1) is 13.8. The SMILES string of the molecule is Cc1c(C)c2cc(Cl)c(O[C@H](C)C(=O)NC[C@@H](O)c3ccccc3)cc2oc1=O. The van der Waals surface area contributed by atoms with Gasteiger partial charge in [0.25, 0.3) is 5.91 Å². The topological polar surface area (TPSA) is 88.8 Å². The van der Waals surface area contributed by atoms with E-state index in [0.717, 1.165) is 5.56 Å². The van der Waals surface area contributed by atoms with Gasteiger partial charge in [-0.3, -0.25) is 4.79 Å². The Hall–Kier alpha value is -2.83. The molecule has 0 aliphatic carbocycles. The van der Waals surface area contributed by atoms with Gasteiger partial charge in [-0.05, 0) is 38.0 Å². The molecule has 1 amide bonds. The molecule has 152 valence electrons. The number of carbonyl (C=O) groups is 1. The number of hydrogen-bond donors (Lipinski definition) is 2. The zero-order chi connectivity index (χ0) is 21.1. The Balaban J connectivity index is 1.71. The minimum Gasteiger partial charge on any atom is -0.479 e. The first kappa shape index (κ1) is 20.9. The van der Waals surface area contributed by atoms with Crippen LogP contribution in [-0.4, -0.2) is 23.7 Å². The summed E-state index contributed by atoms with van der Waals surface area (Å²) in [5.74, 6) is -0.172. The minimum absolute atomic E-state index is 0.0509. The quantitative estimate of drug-likeness (QED) is 0.599. The molecule has 3 rings (SSSR count). The molecule has 1 heterocycles. The van der Waals surface area contributed by atoms with E-state index in [1.165, 1.54) is 6.07 Å². The van der Waals surface area contributed by atoms with Crippen molar-refractivity contribution in [3.8, 4) is 5.75 Å². The zero-order valence-electron chi connectivity index (χ0n) is 16.4. The van der Waals surface area contributed by atoms with Crippen LogP contribution in [0.15, 0.2) is 51.7 Å². The summed E-state index contributed by atoms with van der Waals surface area (Å²) < 4.78 is 11.0. The maximum Gasteiger partial charge on any atom is 0.339 e. The van der Waals surface area contributed by atoms with Gasteiger partial charge in [0.05, 0.1) is 11.1 Å². The van der Waals surface area contributed by atoms with Crippen LogP contribution in [0.3, 0.4) is 0 Å². The number of benzene rings is 2. The van der Waals surface area contributed by atoms with Gasteiger partial charge in [-0.2, -0.15) is 0 Å². The summed E-state index contributed by atoms with van der Waals surface area (Å²) in [5.41, 5.74) is 1.92. The molecule has 2 N–H and O–H groups in total. The Bertz CT molecular complexity index is 1090. The van der Waals surface area contributed by atoms with Gasteiger partial charge in [0.2, 0.25) is 0 Å². The van der Waals surface area contributed by atoms with Gasteiger partial charge >= 0.3 is 5.63 Å². The van der Waals surface area contributed by atoms with Crippen molar-refractivity contribution in [1.82, 2.24) is 5.32 Å². The second-order valence-electron chi connectivity index (χ2n) is 6.85. The number of carbonyl (C=O) groups excluding carboxylic acids is 1. The van der Waals surface area contributed by atoms with E-state index in [1.54, 1.807) is 32.0 Å². The van der Waals surface area contributed by atoms with Crippen molar-refractivity contribution < 1.29 is 19.1 Å². The number of amides is 1. The lowest BCUT2D eigenvalue weighted by molar-refractivity contribution is -0.127. The van der Waals surface area contributed by atoms with E-state index in [2.05, 4.69) is 5.32 Å². The van der Waals surface area contributed by atoms with Crippen LogP contribution in [-0.2, 0) is 4.79 Å². The van der Waals surface area contributed by atoms with Crippen LogP contribution in [0.25, 0.3) is 11.0 Å². The minimum atomic E-state index is -0.869. The van der Waals surface area contributed by atoms with Gasteiger partial charge in [0, 0.05) is 23.6 Å². The van der Waals surface area contributed by atoms with Gasteiger partial charge in [-0.15, -0.1) is 0 Å². The van der Waals surface area contributed by atoms with Gasteiger partial charge in [-0.1, -0.05) is 41.9 Å². The fourth-order valence-electron chi connectivity index (χ4n) is 2.91. The van der Waals surface area contributed by atoms with Crippen LogP contribution in [0.5, 0.6) is 5.75 Å². The molecule has 0 aliphatic heterocycles. The molecule has 0 aliphatic rings. The van der Waals surface area contributed by atoms with Crippen molar-refractivity contribution in [1.29, 1.82) is 0 Å². The van der Waals surface area contributed by atoms with E-state index in [4.69, 9.17) is 20.8 Å². The van der Waals surface area contributed by atoms with E-state index in [-0.39, 0.29) is 12.3 Å². The summed E-state index contributed by atoms with van der Waals surface area (Å²) in [6, 6.07) is 12.2. The molecule has 7 heteroatoms. The van der Waals surface area contributed by atoms with E-state index in [9.17, 15) is 14.7 Å². The molecule has 2 aromatic carbocycles. The van der Waals surface area contributed by atoms with Crippen molar-refractivity contribution >= 4 is 28.5 Å². The molecule has 0 spiro atoms. The fourth-order valence-corrected chi connectivity index (χ4v) is 3.12. The number of aliphatic hydroxyl groups is 1. The van der Waals surface area contributed by atoms with Crippen LogP contribution in [0.2, 0.25) is 5.02 Å². The fraction of sp³-hybridized carbons (Fsp3) is 0.273. The molecule has 2 atom stereocenters. The van der Waals surface area contributed by atoms with Crippen molar-refractivity contribution in [3.63, 3.8) is 0 Å². The number of fused-ring (bicyclic) bond motifs is 1. The predicted octanol–water partition coefficient (Wildman–Crippen LogP) is 3.68. The Labute approximate surface area is 173 Å². The normalized spacial score (nSPS) is 13.1. The molecule has 1 aromatic heterocycles. The van der Waals surface area contributed by atoms with Gasteiger partial charge in [-0.25, -0.2) is 4.79 Å². The average Bonchev–Trinajstić information content (AvgIpc) is 2.72. The molecule has 0 saturated carbocycles. The van der Waals surface area contributed by atoms with Crippen molar-refractivity contribution in [2.75, 3.05) is 6.54 Å². The Morgan fingerprint density at radius 2 is 1.90 bits per heavy atom. The van der Waals surface area contributed by atoms with Crippen LogP contribution < -0.4 is 15.7 Å². The van der Waals surface area contributed by atoms with Gasteiger partial charge < -0.3 is 19.6 Å². The van der Waals surface area contributed by atoms with Crippen LogP contribution in [0, 0.1) is 13.8 Å². The number of aliphatic hydroxyl groups excluding tert-OH is 1. The van der Waals surface area contributed by atoms with Gasteiger partial charge in [0.15, 0.2) is 6.10 Å². The highest BCUT2D eigenvalue weighted by Crippen LogP contribution is 2.32. The first-order valence-electron chi connectivity index (χ1n) is 9.19. The lowest BCUT2D eigenvalue weighted by atomic mass is 10.1. The average molecular weight is 416 g/mol. The summed E-state index contributed by atoms with van der Waals surface area (Å²) in [6.07, 6.45) is -1.69. The molecule has 0 bridgehead atoms. The highest BCUT2D eigenvalue weighted by Gasteiger charge is 2.19. The third kappa shape index (κ3) is 4.60. The number of hydrogen-bond acceptors (Lipinski definition) is 5. The lowest BCUT2D eigenvalue weighted by Gasteiger charge is -2.18.